The minimum Gasteiger partial charge on any atom is -0.307 e. The number of sulfonamides is 1. The van der Waals surface area contributed by atoms with Gasteiger partial charge in [0.05, 0.1) is 28.0 Å². The predicted molar refractivity (Wildman–Crippen MR) is 117 cm³/mol. The van der Waals surface area contributed by atoms with Gasteiger partial charge in [0.2, 0.25) is 10.0 Å². The van der Waals surface area contributed by atoms with Crippen LogP contribution in [-0.4, -0.2) is 31.5 Å². The molecular weight excluding hydrogens is 480 g/mol. The highest BCUT2D eigenvalue weighted by Crippen LogP contribution is 2.31. The van der Waals surface area contributed by atoms with Gasteiger partial charge in [0, 0.05) is 11.5 Å². The monoisotopic (exact) mass is 500 g/mol. The van der Waals surface area contributed by atoms with Crippen molar-refractivity contribution in [2.75, 3.05) is 16.9 Å². The van der Waals surface area contributed by atoms with Crippen LogP contribution in [0.4, 0.5) is 15.6 Å². The van der Waals surface area contributed by atoms with Crippen molar-refractivity contribution >= 4 is 59.9 Å². The van der Waals surface area contributed by atoms with Gasteiger partial charge in [-0.05, 0) is 40.9 Å². The molecule has 0 unspecified atom stereocenters. The summed E-state index contributed by atoms with van der Waals surface area (Å²) >= 11 is 4.48. The van der Waals surface area contributed by atoms with E-state index in [4.69, 9.17) is 0 Å². The Morgan fingerprint density at radius 3 is 2.59 bits per heavy atom. The number of benzene rings is 1. The van der Waals surface area contributed by atoms with Crippen LogP contribution in [0.1, 0.15) is 41.7 Å². The van der Waals surface area contributed by atoms with E-state index in [9.17, 15) is 18.0 Å². The number of rotatable bonds is 7. The number of carbonyl (C=O) groups excluding carboxylic acids is 2. The van der Waals surface area contributed by atoms with Crippen LogP contribution in [0.25, 0.3) is 0 Å². The lowest BCUT2D eigenvalue weighted by Gasteiger charge is -2.13. The molecular formula is C18H21BrN4O4S2. The molecule has 8 nitrogen and oxygen atoms in total. The van der Waals surface area contributed by atoms with Crippen LogP contribution >= 0.6 is 27.3 Å². The van der Waals surface area contributed by atoms with Crippen molar-refractivity contribution in [3.8, 4) is 0 Å². The quantitative estimate of drug-likeness (QED) is 0.497. The Balaban J connectivity index is 1.66. The number of hydrogen-bond acceptors (Lipinski definition) is 6. The Morgan fingerprint density at radius 2 is 1.90 bits per heavy atom. The summed E-state index contributed by atoms with van der Waals surface area (Å²) in [7, 11) is -3.35. The minimum atomic E-state index is -3.35. The van der Waals surface area contributed by atoms with Gasteiger partial charge >= 0.3 is 6.03 Å². The molecule has 1 saturated carbocycles. The molecule has 2 aromatic rings. The van der Waals surface area contributed by atoms with Gasteiger partial charge in [0.15, 0.2) is 10.9 Å². The summed E-state index contributed by atoms with van der Waals surface area (Å²) in [4.78, 5) is 29.4. The number of anilines is 2. The fourth-order valence-electron chi connectivity index (χ4n) is 3.16. The van der Waals surface area contributed by atoms with E-state index in [0.717, 1.165) is 31.9 Å². The van der Waals surface area contributed by atoms with Gasteiger partial charge in [-0.3, -0.25) is 10.1 Å². The number of thiazole rings is 1. The Labute approximate surface area is 181 Å². The lowest BCUT2D eigenvalue weighted by molar-refractivity contribution is 0.0923. The van der Waals surface area contributed by atoms with Crippen molar-refractivity contribution in [2.24, 2.45) is 5.92 Å². The zero-order valence-electron chi connectivity index (χ0n) is 15.7. The maximum absolute atomic E-state index is 12.8. The summed E-state index contributed by atoms with van der Waals surface area (Å²) in [6.45, 7) is 0.0118. The summed E-state index contributed by atoms with van der Waals surface area (Å²) in [5.41, 5.74) is 1.43. The molecule has 1 aliphatic carbocycles. The minimum absolute atomic E-state index is 0.0118. The van der Waals surface area contributed by atoms with Crippen LogP contribution in [0, 0.1) is 5.92 Å². The first kappa shape index (κ1) is 21.9. The van der Waals surface area contributed by atoms with E-state index >= 15 is 0 Å². The molecule has 0 radical (unpaired) electrons. The van der Waals surface area contributed by atoms with E-state index < -0.39 is 16.1 Å². The van der Waals surface area contributed by atoms with Crippen molar-refractivity contribution < 1.29 is 18.0 Å². The van der Waals surface area contributed by atoms with Crippen LogP contribution in [0.2, 0.25) is 0 Å². The maximum Gasteiger partial charge on any atom is 0.325 e. The fraction of sp³-hybridized carbons (Fsp3) is 0.389. The fourth-order valence-corrected chi connectivity index (χ4v) is 4.95. The molecule has 1 fully saturated rings. The van der Waals surface area contributed by atoms with Crippen LogP contribution in [0.5, 0.6) is 0 Å². The second-order valence-corrected chi connectivity index (χ2v) is 11.0. The molecule has 3 N–H and O–H groups in total. The maximum atomic E-state index is 12.8. The second-order valence-electron chi connectivity index (χ2n) is 6.80. The molecule has 0 aliphatic heterocycles. The third kappa shape index (κ3) is 6.08. The topological polar surface area (TPSA) is 117 Å². The number of halogens is 1. The summed E-state index contributed by atoms with van der Waals surface area (Å²) in [5.74, 6) is 0.0744. The molecule has 3 rings (SSSR count). The number of nitrogens with one attached hydrogen (secondary N) is 3. The predicted octanol–water partition coefficient (Wildman–Crippen LogP) is 3.97. The molecule has 1 aliphatic rings. The average molecular weight is 501 g/mol. The molecule has 1 aromatic heterocycles. The van der Waals surface area contributed by atoms with E-state index in [-0.39, 0.29) is 18.2 Å². The highest BCUT2D eigenvalue weighted by Gasteiger charge is 2.26. The molecule has 1 aromatic carbocycles. The Hall–Kier alpha value is -1.82. The molecule has 0 saturated heterocycles. The average Bonchev–Trinajstić information content (AvgIpc) is 3.29. The standard InChI is InChI=1S/C18H21BrN4O4S2/c1-29(26,27)20-10-14-16(19)28-18(22-14)23-17(25)21-13-9-5-4-8-12(13)15(24)11-6-2-3-7-11/h4-5,8-9,11,20H,2-3,6-7,10H2,1H3,(H2,21,22,23,25). The van der Waals surface area contributed by atoms with E-state index in [1.54, 1.807) is 24.3 Å². The molecule has 11 heteroatoms. The summed E-state index contributed by atoms with van der Waals surface area (Å²) in [5, 5.41) is 5.65. The largest absolute Gasteiger partial charge is 0.325 e. The van der Waals surface area contributed by atoms with Crippen molar-refractivity contribution in [1.29, 1.82) is 0 Å². The second kappa shape index (κ2) is 9.33. The number of urea groups is 1. The molecule has 2 amide bonds. The molecule has 0 bridgehead atoms. The number of ketones is 1. The van der Waals surface area contributed by atoms with Crippen molar-refractivity contribution in [3.05, 3.63) is 39.3 Å². The molecule has 0 spiro atoms. The normalized spacial score (nSPS) is 14.7. The van der Waals surface area contributed by atoms with Crippen LogP contribution in [0.15, 0.2) is 28.1 Å². The van der Waals surface area contributed by atoms with E-state index in [1.807, 2.05) is 0 Å². The number of hydrogen-bond donors (Lipinski definition) is 3. The molecule has 156 valence electrons. The van der Waals surface area contributed by atoms with Gasteiger partial charge in [-0.15, -0.1) is 0 Å². The van der Waals surface area contributed by atoms with Crippen LogP contribution in [-0.2, 0) is 16.6 Å². The highest BCUT2D eigenvalue weighted by atomic mass is 79.9. The van der Waals surface area contributed by atoms with Gasteiger partial charge in [0.25, 0.3) is 0 Å². The summed E-state index contributed by atoms with van der Waals surface area (Å²) < 4.78 is 25.4. The van der Waals surface area contributed by atoms with Crippen molar-refractivity contribution in [1.82, 2.24) is 9.71 Å². The van der Waals surface area contributed by atoms with Gasteiger partial charge in [0.1, 0.15) is 0 Å². The zero-order chi connectivity index (χ0) is 21.0. The first-order chi connectivity index (χ1) is 13.7. The van der Waals surface area contributed by atoms with E-state index in [1.165, 1.54) is 11.3 Å². The summed E-state index contributed by atoms with van der Waals surface area (Å²) in [6, 6.07) is 6.44. The number of nitrogens with zero attached hydrogens (tertiary/aromatic N) is 1. The number of carbonyl (C=O) groups is 2. The van der Waals surface area contributed by atoms with Gasteiger partial charge < -0.3 is 5.32 Å². The lowest BCUT2D eigenvalue weighted by atomic mass is 9.95. The molecule has 0 atom stereocenters. The van der Waals surface area contributed by atoms with Gasteiger partial charge in [-0.25, -0.2) is 22.9 Å². The Bertz CT molecular complexity index is 1020. The molecule has 1 heterocycles. The zero-order valence-corrected chi connectivity index (χ0v) is 18.9. The lowest BCUT2D eigenvalue weighted by Crippen LogP contribution is -2.23. The first-order valence-electron chi connectivity index (χ1n) is 9.04. The third-order valence-electron chi connectivity index (χ3n) is 4.54. The van der Waals surface area contributed by atoms with Crippen molar-refractivity contribution in [3.63, 3.8) is 0 Å². The van der Waals surface area contributed by atoms with Crippen molar-refractivity contribution in [2.45, 2.75) is 32.2 Å². The highest BCUT2D eigenvalue weighted by molar-refractivity contribution is 9.11. The SMILES string of the molecule is CS(=O)(=O)NCc1nc(NC(=O)Nc2ccccc2C(=O)C2CCCC2)sc1Br. The number of para-hydroxylation sites is 1. The summed E-state index contributed by atoms with van der Waals surface area (Å²) in [6.07, 6.45) is 4.95. The smallest absolute Gasteiger partial charge is 0.307 e. The Morgan fingerprint density at radius 1 is 1.21 bits per heavy atom. The number of Topliss-reactive ketones (excluding diaryl/α,β-unsaturated/α-hetero) is 1. The van der Waals surface area contributed by atoms with Crippen LogP contribution in [0.3, 0.4) is 0 Å². The van der Waals surface area contributed by atoms with Crippen LogP contribution < -0.4 is 15.4 Å². The number of aromatic nitrogens is 1. The Kier molecular flexibility index (Phi) is 7.04. The van der Waals surface area contributed by atoms with E-state index in [2.05, 4.69) is 36.3 Å². The first-order valence-corrected chi connectivity index (χ1v) is 12.5. The third-order valence-corrected chi connectivity index (χ3v) is 6.95. The van der Waals surface area contributed by atoms with E-state index in [0.29, 0.717) is 25.9 Å². The number of amides is 2. The van der Waals surface area contributed by atoms with Gasteiger partial charge in [-0.1, -0.05) is 36.3 Å². The molecule has 29 heavy (non-hydrogen) atoms. The van der Waals surface area contributed by atoms with Gasteiger partial charge in [-0.2, -0.15) is 0 Å².